The van der Waals surface area contributed by atoms with Crippen LogP contribution in [0.3, 0.4) is 0 Å². The molecule has 0 radical (unpaired) electrons. The fraction of sp³-hybridized carbons (Fsp3) is 0.0909. The maximum Gasteiger partial charge on any atom is 0.454 e. The molecule has 0 spiro atoms. The lowest BCUT2D eigenvalue weighted by Crippen LogP contribution is -2.20. The third-order valence-electron chi connectivity index (χ3n) is 1.80. The number of halogens is 3. The first-order valence-corrected chi connectivity index (χ1v) is 4.48. The molecule has 0 fully saturated rings. The molecular weight excluding hydrogens is 233 g/mol. The molecular formula is C11H7F3N2O. The van der Waals surface area contributed by atoms with E-state index in [1.54, 1.807) is 12.1 Å². The average Bonchev–Trinajstić information content (AvgIpc) is 2.28. The number of nitrogens with zero attached hydrogens (tertiary/aromatic N) is 1. The Bertz CT molecular complexity index is 486. The Morgan fingerprint density at radius 3 is 2.59 bits per heavy atom. The number of para-hydroxylation sites is 1. The molecule has 3 nitrogen and oxygen atoms in total. The number of hydrogen-bond donors (Lipinski definition) is 1. The minimum Gasteiger partial charge on any atom is -0.360 e. The Hall–Kier alpha value is -2.29. The summed E-state index contributed by atoms with van der Waals surface area (Å²) in [4.78, 5) is 10.5. The third kappa shape index (κ3) is 3.65. The van der Waals surface area contributed by atoms with Crippen LogP contribution >= 0.6 is 0 Å². The first-order valence-electron chi connectivity index (χ1n) is 4.48. The highest BCUT2D eigenvalue weighted by atomic mass is 19.4. The topological polar surface area (TPSA) is 52.9 Å². The summed E-state index contributed by atoms with van der Waals surface area (Å²) in [5.41, 5.74) is 0.609. The van der Waals surface area contributed by atoms with Crippen LogP contribution in [-0.2, 0) is 4.79 Å². The summed E-state index contributed by atoms with van der Waals surface area (Å²) in [6.45, 7) is 0. The highest BCUT2D eigenvalue weighted by Gasteiger charge is 2.35. The Morgan fingerprint density at radius 1 is 1.35 bits per heavy atom. The van der Waals surface area contributed by atoms with E-state index in [2.05, 4.69) is 5.32 Å². The van der Waals surface area contributed by atoms with Gasteiger partial charge in [-0.3, -0.25) is 4.79 Å². The number of benzene rings is 1. The second kappa shape index (κ2) is 5.16. The number of hydrogen-bond acceptors (Lipinski definition) is 3. The minimum absolute atomic E-state index is 0.275. The van der Waals surface area contributed by atoms with Crippen molar-refractivity contribution in [3.05, 3.63) is 42.1 Å². The maximum absolute atomic E-state index is 11.8. The first-order chi connectivity index (χ1) is 7.95. The van der Waals surface area contributed by atoms with E-state index in [1.807, 2.05) is 6.07 Å². The Morgan fingerprint density at radius 2 is 2.00 bits per heavy atom. The zero-order valence-electron chi connectivity index (χ0n) is 8.45. The van der Waals surface area contributed by atoms with E-state index in [0.29, 0.717) is 11.8 Å². The summed E-state index contributed by atoms with van der Waals surface area (Å²) in [5, 5.41) is 11.1. The lowest BCUT2D eigenvalue weighted by Gasteiger charge is -2.03. The molecule has 0 aliphatic carbocycles. The summed E-state index contributed by atoms with van der Waals surface area (Å²) in [6.07, 6.45) is -3.66. The molecule has 88 valence electrons. The molecule has 0 amide bonds. The average molecular weight is 240 g/mol. The van der Waals surface area contributed by atoms with Gasteiger partial charge in [-0.05, 0) is 12.1 Å². The van der Waals surface area contributed by atoms with Crippen LogP contribution in [0.5, 0.6) is 0 Å². The third-order valence-corrected chi connectivity index (χ3v) is 1.80. The van der Waals surface area contributed by atoms with Crippen LogP contribution in [0.1, 0.15) is 5.56 Å². The molecule has 1 aromatic carbocycles. The van der Waals surface area contributed by atoms with Gasteiger partial charge in [-0.2, -0.15) is 18.4 Å². The van der Waals surface area contributed by atoms with Gasteiger partial charge >= 0.3 is 6.18 Å². The normalized spacial score (nSPS) is 11.2. The zero-order chi connectivity index (χ0) is 12.9. The Labute approximate surface area is 95.2 Å². The number of carbonyl (C=O) groups excluding carboxylic acids is 1. The van der Waals surface area contributed by atoms with Gasteiger partial charge in [-0.15, -0.1) is 0 Å². The SMILES string of the molecule is N#Cc1ccccc1N/C=C\C(=O)C(F)(F)F. The van der Waals surface area contributed by atoms with Crippen LogP contribution in [0, 0.1) is 11.3 Å². The lowest BCUT2D eigenvalue weighted by molar-refractivity contribution is -0.165. The van der Waals surface area contributed by atoms with E-state index in [1.165, 1.54) is 12.1 Å². The summed E-state index contributed by atoms with van der Waals surface area (Å²) in [5.74, 6) is -1.96. The number of ketones is 1. The van der Waals surface area contributed by atoms with Crippen LogP contribution in [-0.4, -0.2) is 12.0 Å². The van der Waals surface area contributed by atoms with E-state index >= 15 is 0 Å². The molecule has 0 bridgehead atoms. The number of alkyl halides is 3. The van der Waals surface area contributed by atoms with Gasteiger partial charge in [-0.1, -0.05) is 12.1 Å². The number of carbonyl (C=O) groups is 1. The largest absolute Gasteiger partial charge is 0.454 e. The van der Waals surface area contributed by atoms with Crippen molar-refractivity contribution in [2.24, 2.45) is 0 Å². The number of anilines is 1. The molecule has 17 heavy (non-hydrogen) atoms. The van der Waals surface area contributed by atoms with Crippen molar-refractivity contribution in [3.63, 3.8) is 0 Å². The van der Waals surface area contributed by atoms with Gasteiger partial charge in [0.2, 0.25) is 0 Å². The van der Waals surface area contributed by atoms with Gasteiger partial charge in [0.15, 0.2) is 0 Å². The maximum atomic E-state index is 11.8. The predicted octanol–water partition coefficient (Wildman–Crippen LogP) is 2.62. The van der Waals surface area contributed by atoms with E-state index in [9.17, 15) is 18.0 Å². The van der Waals surface area contributed by atoms with Gasteiger partial charge in [-0.25, -0.2) is 0 Å². The molecule has 1 rings (SSSR count). The van der Waals surface area contributed by atoms with Crippen molar-refractivity contribution in [1.29, 1.82) is 5.26 Å². The number of nitriles is 1. The van der Waals surface area contributed by atoms with Crippen molar-refractivity contribution < 1.29 is 18.0 Å². The fourth-order valence-corrected chi connectivity index (χ4v) is 1.01. The molecule has 0 unspecified atom stereocenters. The summed E-state index contributed by atoms with van der Waals surface area (Å²) >= 11 is 0. The van der Waals surface area contributed by atoms with Crippen molar-refractivity contribution in [2.45, 2.75) is 6.18 Å². The van der Waals surface area contributed by atoms with Crippen molar-refractivity contribution >= 4 is 11.5 Å². The van der Waals surface area contributed by atoms with Gasteiger partial charge in [0.05, 0.1) is 11.3 Å². The summed E-state index contributed by atoms with van der Waals surface area (Å²) in [7, 11) is 0. The van der Waals surface area contributed by atoms with Crippen LogP contribution in [0.25, 0.3) is 0 Å². The predicted molar refractivity (Wildman–Crippen MR) is 55.0 cm³/mol. The standard InChI is InChI=1S/C11H7F3N2O/c12-11(13,14)10(17)5-6-16-9-4-2-1-3-8(9)7-15/h1-6,16H/b6-5-. The van der Waals surface area contributed by atoms with Gasteiger partial charge < -0.3 is 5.32 Å². The second-order valence-corrected chi connectivity index (χ2v) is 3.00. The Kier molecular flexibility index (Phi) is 3.88. The minimum atomic E-state index is -4.88. The van der Waals surface area contributed by atoms with E-state index in [-0.39, 0.29) is 5.56 Å². The molecule has 0 saturated heterocycles. The summed E-state index contributed by atoms with van der Waals surface area (Å²) < 4.78 is 35.5. The van der Waals surface area contributed by atoms with Crippen LogP contribution in [0.4, 0.5) is 18.9 Å². The molecule has 0 aromatic heterocycles. The van der Waals surface area contributed by atoms with E-state index < -0.39 is 12.0 Å². The molecule has 0 saturated carbocycles. The molecule has 0 aliphatic heterocycles. The molecule has 1 aromatic rings. The van der Waals surface area contributed by atoms with Crippen molar-refractivity contribution in [2.75, 3.05) is 5.32 Å². The molecule has 0 heterocycles. The quantitative estimate of drug-likeness (QED) is 0.826. The van der Waals surface area contributed by atoms with Crippen molar-refractivity contribution in [3.8, 4) is 6.07 Å². The molecule has 6 heteroatoms. The van der Waals surface area contributed by atoms with Crippen LogP contribution < -0.4 is 5.32 Å². The Balaban J connectivity index is 2.72. The zero-order valence-corrected chi connectivity index (χ0v) is 8.45. The van der Waals surface area contributed by atoms with Crippen molar-refractivity contribution in [1.82, 2.24) is 0 Å². The highest BCUT2D eigenvalue weighted by Crippen LogP contribution is 2.17. The molecule has 1 N–H and O–H groups in total. The van der Waals surface area contributed by atoms with E-state index in [0.717, 1.165) is 6.20 Å². The second-order valence-electron chi connectivity index (χ2n) is 3.00. The first kappa shape index (κ1) is 12.8. The smallest absolute Gasteiger partial charge is 0.360 e. The van der Waals surface area contributed by atoms with Crippen LogP contribution in [0.2, 0.25) is 0 Å². The number of nitrogens with one attached hydrogen (secondary N) is 1. The fourth-order valence-electron chi connectivity index (χ4n) is 1.01. The van der Waals surface area contributed by atoms with Gasteiger partial charge in [0.1, 0.15) is 6.07 Å². The summed E-state index contributed by atoms with van der Waals surface area (Å²) in [6, 6.07) is 8.11. The van der Waals surface area contributed by atoms with Gasteiger partial charge in [0.25, 0.3) is 5.78 Å². The van der Waals surface area contributed by atoms with Gasteiger partial charge in [0, 0.05) is 12.3 Å². The number of rotatable bonds is 3. The molecule has 0 atom stereocenters. The van der Waals surface area contributed by atoms with E-state index in [4.69, 9.17) is 5.26 Å². The monoisotopic (exact) mass is 240 g/mol. The lowest BCUT2D eigenvalue weighted by atomic mass is 10.2. The molecule has 0 aliphatic rings. The number of allylic oxidation sites excluding steroid dienone is 1. The highest BCUT2D eigenvalue weighted by molar-refractivity contribution is 5.94. The van der Waals surface area contributed by atoms with Crippen LogP contribution in [0.15, 0.2) is 36.5 Å².